The van der Waals surface area contributed by atoms with E-state index in [4.69, 9.17) is 4.74 Å². The van der Waals surface area contributed by atoms with Crippen molar-refractivity contribution < 1.29 is 18.3 Å². The fourth-order valence-corrected chi connectivity index (χ4v) is 2.68. The number of carbonyl (C=O) groups is 1. The summed E-state index contributed by atoms with van der Waals surface area (Å²) in [6.07, 6.45) is 0. The SMILES string of the molecule is COc1cc(C)ccc1C(=O)CSc1cc(F)ccc1F. The van der Waals surface area contributed by atoms with E-state index in [0.29, 0.717) is 11.3 Å². The molecule has 0 unspecified atom stereocenters. The summed E-state index contributed by atoms with van der Waals surface area (Å²) in [5, 5.41) is 0. The molecule has 0 N–H and O–H groups in total. The molecular weight excluding hydrogens is 294 g/mol. The van der Waals surface area contributed by atoms with Gasteiger partial charge in [-0.1, -0.05) is 6.07 Å². The Morgan fingerprint density at radius 2 is 1.95 bits per heavy atom. The molecule has 0 heterocycles. The van der Waals surface area contributed by atoms with Crippen molar-refractivity contribution in [3.05, 3.63) is 59.2 Å². The molecule has 21 heavy (non-hydrogen) atoms. The van der Waals surface area contributed by atoms with Crippen molar-refractivity contribution in [2.75, 3.05) is 12.9 Å². The molecule has 0 aliphatic heterocycles. The van der Waals surface area contributed by atoms with E-state index < -0.39 is 11.6 Å². The van der Waals surface area contributed by atoms with Gasteiger partial charge < -0.3 is 4.74 Å². The maximum absolute atomic E-state index is 13.5. The van der Waals surface area contributed by atoms with Crippen molar-refractivity contribution in [1.82, 2.24) is 0 Å². The fourth-order valence-electron chi connectivity index (χ4n) is 1.84. The van der Waals surface area contributed by atoms with E-state index in [9.17, 15) is 13.6 Å². The molecule has 5 heteroatoms. The average Bonchev–Trinajstić information content (AvgIpc) is 2.47. The molecule has 0 fully saturated rings. The molecule has 0 aliphatic rings. The van der Waals surface area contributed by atoms with Gasteiger partial charge >= 0.3 is 0 Å². The molecule has 0 radical (unpaired) electrons. The molecule has 0 aromatic heterocycles. The quantitative estimate of drug-likeness (QED) is 0.610. The Morgan fingerprint density at radius 3 is 2.67 bits per heavy atom. The first-order valence-corrected chi connectivity index (χ1v) is 7.25. The molecule has 2 aromatic carbocycles. The third-order valence-electron chi connectivity index (χ3n) is 2.91. The summed E-state index contributed by atoms with van der Waals surface area (Å²) in [6, 6.07) is 8.43. The van der Waals surface area contributed by atoms with E-state index in [2.05, 4.69) is 0 Å². The molecule has 2 nitrogen and oxygen atoms in total. The van der Waals surface area contributed by atoms with Gasteiger partial charge in [-0.15, -0.1) is 11.8 Å². The van der Waals surface area contributed by atoms with Crippen molar-refractivity contribution in [2.45, 2.75) is 11.8 Å². The number of benzene rings is 2. The zero-order valence-electron chi connectivity index (χ0n) is 11.7. The monoisotopic (exact) mass is 308 g/mol. The number of ketones is 1. The number of methoxy groups -OCH3 is 1. The number of hydrogen-bond donors (Lipinski definition) is 0. The zero-order valence-corrected chi connectivity index (χ0v) is 12.5. The zero-order chi connectivity index (χ0) is 15.4. The van der Waals surface area contributed by atoms with E-state index >= 15 is 0 Å². The number of Topliss-reactive ketones (excluding diaryl/α,β-unsaturated/α-hetero) is 1. The first-order chi connectivity index (χ1) is 10.0. The summed E-state index contributed by atoms with van der Waals surface area (Å²) in [6.45, 7) is 1.90. The van der Waals surface area contributed by atoms with Crippen LogP contribution in [0, 0.1) is 18.6 Å². The van der Waals surface area contributed by atoms with Crippen LogP contribution in [-0.4, -0.2) is 18.6 Å². The van der Waals surface area contributed by atoms with Gasteiger partial charge in [0, 0.05) is 4.90 Å². The van der Waals surface area contributed by atoms with Crippen LogP contribution in [0.15, 0.2) is 41.3 Å². The van der Waals surface area contributed by atoms with E-state index in [1.54, 1.807) is 12.1 Å². The maximum Gasteiger partial charge on any atom is 0.176 e. The minimum atomic E-state index is -0.537. The Labute approximate surface area is 126 Å². The Bertz CT molecular complexity index is 671. The van der Waals surface area contributed by atoms with Crippen LogP contribution < -0.4 is 4.74 Å². The Morgan fingerprint density at radius 1 is 1.19 bits per heavy atom. The second kappa shape index (κ2) is 6.72. The Hall–Kier alpha value is -1.88. The largest absolute Gasteiger partial charge is 0.496 e. The topological polar surface area (TPSA) is 26.3 Å². The lowest BCUT2D eigenvalue weighted by atomic mass is 10.1. The van der Waals surface area contributed by atoms with Crippen molar-refractivity contribution >= 4 is 17.5 Å². The van der Waals surface area contributed by atoms with Crippen molar-refractivity contribution in [3.63, 3.8) is 0 Å². The molecule has 0 atom stereocenters. The highest BCUT2D eigenvalue weighted by molar-refractivity contribution is 8.00. The lowest BCUT2D eigenvalue weighted by Crippen LogP contribution is -2.05. The summed E-state index contributed by atoms with van der Waals surface area (Å²) in [7, 11) is 1.49. The van der Waals surface area contributed by atoms with Crippen molar-refractivity contribution in [3.8, 4) is 5.75 Å². The first kappa shape index (κ1) is 15.5. The predicted octanol–water partition coefficient (Wildman–Crippen LogP) is 4.26. The standard InChI is InChI=1S/C16H14F2O2S/c1-10-3-5-12(15(7-10)20-2)14(19)9-21-16-8-11(17)4-6-13(16)18/h3-8H,9H2,1-2H3. The van der Waals surface area contributed by atoms with Crippen LogP contribution >= 0.6 is 11.8 Å². The average molecular weight is 308 g/mol. The van der Waals surface area contributed by atoms with Gasteiger partial charge in [0.2, 0.25) is 0 Å². The number of rotatable bonds is 5. The van der Waals surface area contributed by atoms with Gasteiger partial charge in [0.1, 0.15) is 17.4 Å². The van der Waals surface area contributed by atoms with E-state index in [1.807, 2.05) is 13.0 Å². The number of carbonyl (C=O) groups excluding carboxylic acids is 1. The molecule has 0 saturated heterocycles. The third-order valence-corrected chi connectivity index (χ3v) is 3.94. The fraction of sp³-hybridized carbons (Fsp3) is 0.188. The highest BCUT2D eigenvalue weighted by atomic mass is 32.2. The summed E-state index contributed by atoms with van der Waals surface area (Å²) < 4.78 is 31.7. The van der Waals surface area contributed by atoms with Gasteiger partial charge in [0.05, 0.1) is 18.4 Å². The molecule has 2 rings (SSSR count). The van der Waals surface area contributed by atoms with E-state index in [-0.39, 0.29) is 16.4 Å². The second-order valence-electron chi connectivity index (χ2n) is 4.49. The molecule has 0 amide bonds. The van der Waals surface area contributed by atoms with Crippen LogP contribution in [0.5, 0.6) is 5.75 Å². The van der Waals surface area contributed by atoms with Crippen LogP contribution in [0.25, 0.3) is 0 Å². The minimum Gasteiger partial charge on any atom is -0.496 e. The first-order valence-electron chi connectivity index (χ1n) is 6.27. The van der Waals surface area contributed by atoms with Crippen LogP contribution in [0.1, 0.15) is 15.9 Å². The highest BCUT2D eigenvalue weighted by Gasteiger charge is 2.14. The van der Waals surface area contributed by atoms with Gasteiger partial charge in [-0.2, -0.15) is 0 Å². The van der Waals surface area contributed by atoms with Crippen LogP contribution in [0.2, 0.25) is 0 Å². The smallest absolute Gasteiger partial charge is 0.176 e. The highest BCUT2D eigenvalue weighted by Crippen LogP contribution is 2.26. The van der Waals surface area contributed by atoms with Gasteiger partial charge in [-0.25, -0.2) is 8.78 Å². The number of aryl methyl sites for hydroxylation is 1. The number of thioether (sulfide) groups is 1. The second-order valence-corrected chi connectivity index (χ2v) is 5.51. The normalized spacial score (nSPS) is 10.5. The number of hydrogen-bond acceptors (Lipinski definition) is 3. The Balaban J connectivity index is 2.13. The molecule has 0 saturated carbocycles. The predicted molar refractivity (Wildman–Crippen MR) is 79.1 cm³/mol. The summed E-state index contributed by atoms with van der Waals surface area (Å²) in [5.74, 6) is -0.759. The molecular formula is C16H14F2O2S. The summed E-state index contributed by atoms with van der Waals surface area (Å²) in [5.41, 5.74) is 1.42. The van der Waals surface area contributed by atoms with Crippen LogP contribution in [-0.2, 0) is 0 Å². The lowest BCUT2D eigenvalue weighted by molar-refractivity contribution is 0.101. The minimum absolute atomic E-state index is 0.0137. The molecule has 0 bridgehead atoms. The van der Waals surface area contributed by atoms with Crippen molar-refractivity contribution in [2.24, 2.45) is 0 Å². The Kier molecular flexibility index (Phi) is 4.96. The molecule has 2 aromatic rings. The van der Waals surface area contributed by atoms with E-state index in [0.717, 1.165) is 35.5 Å². The van der Waals surface area contributed by atoms with Gasteiger partial charge in [-0.3, -0.25) is 4.79 Å². The van der Waals surface area contributed by atoms with Crippen LogP contribution in [0.4, 0.5) is 8.78 Å². The summed E-state index contributed by atoms with van der Waals surface area (Å²) >= 11 is 0.967. The number of ether oxygens (including phenoxy) is 1. The van der Waals surface area contributed by atoms with Crippen molar-refractivity contribution in [1.29, 1.82) is 0 Å². The third kappa shape index (κ3) is 3.82. The molecule has 0 aliphatic carbocycles. The van der Waals surface area contributed by atoms with E-state index in [1.165, 1.54) is 7.11 Å². The lowest BCUT2D eigenvalue weighted by Gasteiger charge is -2.09. The van der Waals surface area contributed by atoms with Gasteiger partial charge in [0.15, 0.2) is 5.78 Å². The van der Waals surface area contributed by atoms with Crippen LogP contribution in [0.3, 0.4) is 0 Å². The molecule has 110 valence electrons. The number of halogens is 2. The summed E-state index contributed by atoms with van der Waals surface area (Å²) in [4.78, 5) is 12.3. The van der Waals surface area contributed by atoms with Gasteiger partial charge in [-0.05, 0) is 42.8 Å². The molecule has 0 spiro atoms. The van der Waals surface area contributed by atoms with Gasteiger partial charge in [0.25, 0.3) is 0 Å². The maximum atomic E-state index is 13.5.